The molecule has 0 atom stereocenters. The summed E-state index contributed by atoms with van der Waals surface area (Å²) in [6.07, 6.45) is -11.1. The zero-order valence-electron chi connectivity index (χ0n) is 11.8. The third-order valence-electron chi connectivity index (χ3n) is 2.32. The van der Waals surface area contributed by atoms with E-state index in [1.807, 2.05) is 0 Å². The summed E-state index contributed by atoms with van der Waals surface area (Å²) in [5, 5.41) is 0. The van der Waals surface area contributed by atoms with Crippen LogP contribution in [0, 0.1) is 0 Å². The van der Waals surface area contributed by atoms with Crippen LogP contribution in [0.5, 0.6) is 11.5 Å². The smallest absolute Gasteiger partial charge is 0.491 e. The number of pyridine rings is 1. The number of carbonyl (C=O) groups is 1. The van der Waals surface area contributed by atoms with Crippen LogP contribution in [0.1, 0.15) is 18.3 Å². The molecule has 23 heavy (non-hydrogen) atoms. The molecule has 5 nitrogen and oxygen atoms in total. The topological polar surface area (TPSA) is 57.7 Å². The standard InChI is InChI=1S/C12H11F6NO4/c1-3-22-8(20)5-6-4-7(23-12(16,17)18)9(21-2)10(19-6)11(13,14)15/h4H,3,5H2,1-2H3. The summed E-state index contributed by atoms with van der Waals surface area (Å²) >= 11 is 0. The highest BCUT2D eigenvalue weighted by Gasteiger charge is 2.41. The molecule has 0 unspecified atom stereocenters. The van der Waals surface area contributed by atoms with Crippen LogP contribution in [0.3, 0.4) is 0 Å². The molecule has 0 aliphatic rings. The molecular formula is C12H11F6NO4. The molecular weight excluding hydrogens is 336 g/mol. The van der Waals surface area contributed by atoms with Crippen molar-refractivity contribution in [1.82, 2.24) is 4.98 Å². The van der Waals surface area contributed by atoms with E-state index < -0.39 is 47.8 Å². The van der Waals surface area contributed by atoms with Crippen molar-refractivity contribution in [2.24, 2.45) is 0 Å². The maximum absolute atomic E-state index is 12.9. The number of rotatable bonds is 5. The molecule has 0 saturated carbocycles. The predicted octanol–water partition coefficient (Wildman–Crippen LogP) is 3.11. The number of nitrogens with zero attached hydrogens (tertiary/aromatic N) is 1. The second kappa shape index (κ2) is 6.92. The number of alkyl halides is 6. The van der Waals surface area contributed by atoms with Crippen molar-refractivity contribution in [3.63, 3.8) is 0 Å². The Balaban J connectivity index is 3.38. The lowest BCUT2D eigenvalue weighted by Crippen LogP contribution is -2.21. The number of hydrogen-bond acceptors (Lipinski definition) is 5. The van der Waals surface area contributed by atoms with Crippen LogP contribution >= 0.6 is 0 Å². The van der Waals surface area contributed by atoms with Crippen LogP contribution in [-0.4, -0.2) is 31.0 Å². The van der Waals surface area contributed by atoms with Crippen LogP contribution in [0.25, 0.3) is 0 Å². The lowest BCUT2D eigenvalue weighted by molar-refractivity contribution is -0.275. The van der Waals surface area contributed by atoms with E-state index in [9.17, 15) is 31.1 Å². The maximum atomic E-state index is 12.9. The van der Waals surface area contributed by atoms with E-state index in [4.69, 9.17) is 0 Å². The van der Waals surface area contributed by atoms with Gasteiger partial charge in [0.25, 0.3) is 0 Å². The Kier molecular flexibility index (Phi) is 5.67. The van der Waals surface area contributed by atoms with E-state index in [1.54, 1.807) is 0 Å². The summed E-state index contributed by atoms with van der Waals surface area (Å²) in [5.74, 6) is -3.43. The molecule has 1 rings (SSSR count). The van der Waals surface area contributed by atoms with Gasteiger partial charge in [0.15, 0.2) is 17.2 Å². The molecule has 0 spiro atoms. The van der Waals surface area contributed by atoms with Crippen LogP contribution in [-0.2, 0) is 22.1 Å². The molecule has 0 aromatic carbocycles. The summed E-state index contributed by atoms with van der Waals surface area (Å²) < 4.78 is 88.1. The van der Waals surface area contributed by atoms with Gasteiger partial charge in [0.2, 0.25) is 0 Å². The summed E-state index contributed by atoms with van der Waals surface area (Å²) in [6.45, 7) is 1.41. The monoisotopic (exact) mass is 347 g/mol. The lowest BCUT2D eigenvalue weighted by atomic mass is 10.2. The molecule has 0 saturated heterocycles. The van der Waals surface area contributed by atoms with Gasteiger partial charge in [-0.1, -0.05) is 0 Å². The van der Waals surface area contributed by atoms with E-state index in [0.717, 1.165) is 7.11 Å². The zero-order valence-corrected chi connectivity index (χ0v) is 11.8. The largest absolute Gasteiger partial charge is 0.573 e. The number of ether oxygens (including phenoxy) is 3. The van der Waals surface area contributed by atoms with Crippen molar-refractivity contribution in [3.8, 4) is 11.5 Å². The highest BCUT2D eigenvalue weighted by Crippen LogP contribution is 2.42. The van der Waals surface area contributed by atoms with Crippen molar-refractivity contribution >= 4 is 5.97 Å². The van der Waals surface area contributed by atoms with Gasteiger partial charge in [-0.15, -0.1) is 13.2 Å². The van der Waals surface area contributed by atoms with Crippen LogP contribution in [0.4, 0.5) is 26.3 Å². The molecule has 130 valence electrons. The Morgan fingerprint density at radius 2 is 1.83 bits per heavy atom. The van der Waals surface area contributed by atoms with E-state index >= 15 is 0 Å². The van der Waals surface area contributed by atoms with Crippen molar-refractivity contribution < 1.29 is 45.3 Å². The van der Waals surface area contributed by atoms with Crippen molar-refractivity contribution in [1.29, 1.82) is 0 Å². The Labute approximate surface area is 126 Å². The molecule has 0 N–H and O–H groups in total. The first kappa shape index (κ1) is 18.8. The second-order valence-electron chi connectivity index (χ2n) is 4.02. The fraction of sp³-hybridized carbons (Fsp3) is 0.500. The SMILES string of the molecule is CCOC(=O)Cc1cc(OC(F)(F)F)c(OC)c(C(F)(F)F)n1. The molecule has 0 bridgehead atoms. The summed E-state index contributed by atoms with van der Waals surface area (Å²) in [7, 11) is 0.737. The molecule has 0 amide bonds. The van der Waals surface area contributed by atoms with Gasteiger partial charge < -0.3 is 14.2 Å². The first-order valence-electron chi connectivity index (χ1n) is 6.04. The van der Waals surface area contributed by atoms with Gasteiger partial charge in [0.05, 0.1) is 25.8 Å². The van der Waals surface area contributed by atoms with E-state index in [1.165, 1.54) is 6.92 Å². The average molecular weight is 347 g/mol. The third-order valence-corrected chi connectivity index (χ3v) is 2.32. The minimum Gasteiger partial charge on any atom is -0.491 e. The summed E-state index contributed by atoms with van der Waals surface area (Å²) in [5.41, 5.74) is -2.34. The molecule has 11 heteroatoms. The van der Waals surface area contributed by atoms with E-state index in [-0.39, 0.29) is 6.61 Å². The number of esters is 1. The number of aromatic nitrogens is 1. The van der Waals surface area contributed by atoms with Gasteiger partial charge in [-0.3, -0.25) is 4.79 Å². The van der Waals surface area contributed by atoms with Crippen LogP contribution in [0.15, 0.2) is 6.07 Å². The Hall–Kier alpha value is -2.20. The van der Waals surface area contributed by atoms with Gasteiger partial charge in [-0.2, -0.15) is 13.2 Å². The Morgan fingerprint density at radius 1 is 1.22 bits per heavy atom. The molecule has 0 aliphatic heterocycles. The number of carbonyl (C=O) groups excluding carboxylic acids is 1. The number of methoxy groups -OCH3 is 1. The van der Waals surface area contributed by atoms with Crippen LogP contribution in [0.2, 0.25) is 0 Å². The van der Waals surface area contributed by atoms with E-state index in [0.29, 0.717) is 6.07 Å². The number of halogens is 6. The van der Waals surface area contributed by atoms with Crippen molar-refractivity contribution in [3.05, 3.63) is 17.5 Å². The fourth-order valence-corrected chi connectivity index (χ4v) is 1.60. The second-order valence-corrected chi connectivity index (χ2v) is 4.02. The van der Waals surface area contributed by atoms with Gasteiger partial charge in [0, 0.05) is 6.07 Å². The van der Waals surface area contributed by atoms with Gasteiger partial charge in [0.1, 0.15) is 0 Å². The van der Waals surface area contributed by atoms with Crippen LogP contribution < -0.4 is 9.47 Å². The summed E-state index contributed by atoms with van der Waals surface area (Å²) in [4.78, 5) is 14.4. The van der Waals surface area contributed by atoms with Gasteiger partial charge in [-0.25, -0.2) is 4.98 Å². The quantitative estimate of drug-likeness (QED) is 0.605. The number of hydrogen-bond donors (Lipinski definition) is 0. The molecule has 1 heterocycles. The molecule has 0 fully saturated rings. The molecule has 0 radical (unpaired) electrons. The highest BCUT2D eigenvalue weighted by atomic mass is 19.4. The lowest BCUT2D eigenvalue weighted by Gasteiger charge is -2.17. The molecule has 1 aromatic rings. The molecule has 0 aliphatic carbocycles. The Bertz CT molecular complexity index is 570. The van der Waals surface area contributed by atoms with Crippen molar-refractivity contribution in [2.45, 2.75) is 25.9 Å². The van der Waals surface area contributed by atoms with Gasteiger partial charge in [-0.05, 0) is 6.92 Å². The maximum Gasteiger partial charge on any atom is 0.573 e. The first-order valence-corrected chi connectivity index (χ1v) is 6.04. The minimum absolute atomic E-state index is 0.0486. The Morgan fingerprint density at radius 3 is 2.26 bits per heavy atom. The predicted molar refractivity (Wildman–Crippen MR) is 62.8 cm³/mol. The normalized spacial score (nSPS) is 12.0. The summed E-state index contributed by atoms with van der Waals surface area (Å²) in [6, 6.07) is 0.540. The van der Waals surface area contributed by atoms with E-state index in [2.05, 4.69) is 19.2 Å². The third kappa shape index (κ3) is 5.49. The molecule has 1 aromatic heterocycles. The average Bonchev–Trinajstić information content (AvgIpc) is 2.35. The van der Waals surface area contributed by atoms with Crippen molar-refractivity contribution in [2.75, 3.05) is 13.7 Å². The minimum atomic E-state index is -5.25. The fourth-order valence-electron chi connectivity index (χ4n) is 1.60. The highest BCUT2D eigenvalue weighted by molar-refractivity contribution is 5.72. The first-order chi connectivity index (χ1) is 10.5. The zero-order chi connectivity index (χ0) is 17.8. The van der Waals surface area contributed by atoms with Gasteiger partial charge >= 0.3 is 18.5 Å².